The first-order valence-corrected chi connectivity index (χ1v) is 6.30. The lowest BCUT2D eigenvalue weighted by molar-refractivity contribution is 0.410. The third kappa shape index (κ3) is 2.99. The molecule has 1 heterocycles. The molecule has 1 unspecified atom stereocenters. The van der Waals surface area contributed by atoms with E-state index in [1.165, 1.54) is 0 Å². The Labute approximate surface area is 112 Å². The Kier molecular flexibility index (Phi) is 3.94. The summed E-state index contributed by atoms with van der Waals surface area (Å²) in [5, 5.41) is 17.4. The minimum Gasteiger partial charge on any atom is -0.508 e. The molecule has 0 saturated heterocycles. The Balaban J connectivity index is 2.16. The van der Waals surface area contributed by atoms with Crippen LogP contribution in [0.1, 0.15) is 25.5 Å². The van der Waals surface area contributed by atoms with Crippen LogP contribution >= 0.6 is 0 Å². The molecule has 5 nitrogen and oxygen atoms in total. The number of phenolic OH excluding ortho intramolecular Hbond substituents is 1. The Hall–Kier alpha value is -2.17. The van der Waals surface area contributed by atoms with Crippen LogP contribution in [0.2, 0.25) is 0 Å². The number of hydrogen-bond acceptors (Lipinski definition) is 4. The second-order valence-electron chi connectivity index (χ2n) is 4.38. The van der Waals surface area contributed by atoms with Crippen LogP contribution in [0.3, 0.4) is 0 Å². The summed E-state index contributed by atoms with van der Waals surface area (Å²) >= 11 is 0. The van der Waals surface area contributed by atoms with Gasteiger partial charge in [-0.3, -0.25) is 4.68 Å². The highest BCUT2D eigenvalue weighted by molar-refractivity contribution is 5.47. The minimum atomic E-state index is -0.0374. The molecule has 2 aromatic rings. The first-order valence-electron chi connectivity index (χ1n) is 6.30. The van der Waals surface area contributed by atoms with Crippen LogP contribution in [0, 0.1) is 0 Å². The average molecular weight is 261 g/mol. The quantitative estimate of drug-likeness (QED) is 0.869. The van der Waals surface area contributed by atoms with Gasteiger partial charge in [0.25, 0.3) is 0 Å². The largest absolute Gasteiger partial charge is 0.508 e. The second-order valence-corrected chi connectivity index (χ2v) is 4.38. The molecule has 1 atom stereocenters. The Morgan fingerprint density at radius 2 is 2.26 bits per heavy atom. The predicted molar refractivity (Wildman–Crippen MR) is 74.6 cm³/mol. The van der Waals surface area contributed by atoms with Gasteiger partial charge in [-0.15, -0.1) is 0 Å². The van der Waals surface area contributed by atoms with Crippen molar-refractivity contribution in [1.29, 1.82) is 0 Å². The molecule has 0 aliphatic heterocycles. The van der Waals surface area contributed by atoms with Crippen LogP contribution in [0.25, 0.3) is 0 Å². The summed E-state index contributed by atoms with van der Waals surface area (Å²) in [6.45, 7) is 4.85. The van der Waals surface area contributed by atoms with Gasteiger partial charge in [0.05, 0.1) is 25.0 Å². The van der Waals surface area contributed by atoms with Gasteiger partial charge < -0.3 is 15.2 Å². The maximum atomic E-state index is 9.91. The minimum absolute atomic E-state index is 0.0374. The van der Waals surface area contributed by atoms with E-state index >= 15 is 0 Å². The molecule has 0 aliphatic carbocycles. The fourth-order valence-corrected chi connectivity index (χ4v) is 1.95. The van der Waals surface area contributed by atoms with Crippen LogP contribution in [0.4, 0.5) is 5.69 Å². The Bertz CT molecular complexity index is 551. The van der Waals surface area contributed by atoms with Crippen LogP contribution in [-0.2, 0) is 6.54 Å². The number of aryl methyl sites for hydroxylation is 1. The monoisotopic (exact) mass is 261 g/mol. The van der Waals surface area contributed by atoms with E-state index in [4.69, 9.17) is 4.74 Å². The SMILES string of the molecule is CCn1cc(NC(C)c2cc(OC)ccc2O)cn1. The zero-order chi connectivity index (χ0) is 13.8. The van der Waals surface area contributed by atoms with Crippen molar-refractivity contribution in [3.8, 4) is 11.5 Å². The highest BCUT2D eigenvalue weighted by Crippen LogP contribution is 2.30. The zero-order valence-corrected chi connectivity index (χ0v) is 11.4. The number of aromatic hydroxyl groups is 1. The lowest BCUT2D eigenvalue weighted by Gasteiger charge is -2.16. The highest BCUT2D eigenvalue weighted by atomic mass is 16.5. The number of nitrogens with one attached hydrogen (secondary N) is 1. The summed E-state index contributed by atoms with van der Waals surface area (Å²) in [7, 11) is 1.61. The third-order valence-electron chi connectivity index (χ3n) is 3.04. The molecular weight excluding hydrogens is 242 g/mol. The number of ether oxygens (including phenoxy) is 1. The smallest absolute Gasteiger partial charge is 0.121 e. The summed E-state index contributed by atoms with van der Waals surface area (Å²) < 4.78 is 7.02. The van der Waals surface area contributed by atoms with Crippen LogP contribution in [0.15, 0.2) is 30.6 Å². The first kappa shape index (κ1) is 13.3. The van der Waals surface area contributed by atoms with E-state index < -0.39 is 0 Å². The van der Waals surface area contributed by atoms with Crippen molar-refractivity contribution in [1.82, 2.24) is 9.78 Å². The number of phenols is 1. The van der Waals surface area contributed by atoms with Crippen LogP contribution in [-0.4, -0.2) is 22.0 Å². The van der Waals surface area contributed by atoms with Gasteiger partial charge in [-0.2, -0.15) is 5.10 Å². The summed E-state index contributed by atoms with van der Waals surface area (Å²) in [6.07, 6.45) is 3.71. The summed E-state index contributed by atoms with van der Waals surface area (Å²) in [4.78, 5) is 0. The van der Waals surface area contributed by atoms with Gasteiger partial charge in [0.1, 0.15) is 11.5 Å². The van der Waals surface area contributed by atoms with Gasteiger partial charge in [0.2, 0.25) is 0 Å². The van der Waals surface area contributed by atoms with E-state index in [1.54, 1.807) is 25.4 Å². The number of rotatable bonds is 5. The fraction of sp³-hybridized carbons (Fsp3) is 0.357. The second kappa shape index (κ2) is 5.65. The fourth-order valence-electron chi connectivity index (χ4n) is 1.95. The maximum absolute atomic E-state index is 9.91. The zero-order valence-electron chi connectivity index (χ0n) is 11.4. The standard InChI is InChI=1S/C14H19N3O2/c1-4-17-9-11(8-15-17)16-10(2)13-7-12(19-3)5-6-14(13)18/h5-10,16,18H,4H2,1-3H3. The number of anilines is 1. The molecule has 0 spiro atoms. The van der Waals surface area contributed by atoms with E-state index in [0.717, 1.165) is 23.5 Å². The predicted octanol–water partition coefficient (Wildman–Crippen LogP) is 2.79. The molecule has 5 heteroatoms. The molecule has 19 heavy (non-hydrogen) atoms. The summed E-state index contributed by atoms with van der Waals surface area (Å²) in [6, 6.07) is 5.17. The van der Waals surface area contributed by atoms with E-state index in [-0.39, 0.29) is 11.8 Å². The number of hydrogen-bond donors (Lipinski definition) is 2. The van der Waals surface area contributed by atoms with Gasteiger partial charge >= 0.3 is 0 Å². The molecular formula is C14H19N3O2. The molecule has 0 aliphatic rings. The lowest BCUT2D eigenvalue weighted by Crippen LogP contribution is -2.06. The summed E-state index contributed by atoms with van der Waals surface area (Å²) in [5.41, 5.74) is 1.72. The molecule has 0 radical (unpaired) electrons. The molecule has 0 fully saturated rings. The molecule has 1 aromatic heterocycles. The number of benzene rings is 1. The van der Waals surface area contributed by atoms with Crippen molar-refractivity contribution >= 4 is 5.69 Å². The van der Waals surface area contributed by atoms with E-state index in [9.17, 15) is 5.11 Å². The van der Waals surface area contributed by atoms with Gasteiger partial charge in [-0.05, 0) is 32.0 Å². The molecule has 0 amide bonds. The van der Waals surface area contributed by atoms with Crippen LogP contribution in [0.5, 0.6) is 11.5 Å². The van der Waals surface area contributed by atoms with Crippen molar-refractivity contribution in [3.63, 3.8) is 0 Å². The Morgan fingerprint density at radius 3 is 2.89 bits per heavy atom. The van der Waals surface area contributed by atoms with Gasteiger partial charge in [-0.25, -0.2) is 0 Å². The molecule has 0 saturated carbocycles. The van der Waals surface area contributed by atoms with Crippen molar-refractivity contribution in [3.05, 3.63) is 36.2 Å². The van der Waals surface area contributed by atoms with Crippen molar-refractivity contribution in [2.45, 2.75) is 26.4 Å². The first-order chi connectivity index (χ1) is 9.13. The number of nitrogens with zero attached hydrogens (tertiary/aromatic N) is 2. The van der Waals surface area contributed by atoms with Crippen molar-refractivity contribution in [2.75, 3.05) is 12.4 Å². The van der Waals surface area contributed by atoms with Crippen molar-refractivity contribution < 1.29 is 9.84 Å². The van der Waals surface area contributed by atoms with Crippen LogP contribution < -0.4 is 10.1 Å². The third-order valence-corrected chi connectivity index (χ3v) is 3.04. The normalized spacial score (nSPS) is 12.2. The van der Waals surface area contributed by atoms with Gasteiger partial charge in [0, 0.05) is 18.3 Å². The van der Waals surface area contributed by atoms with Gasteiger partial charge in [-0.1, -0.05) is 0 Å². The van der Waals surface area contributed by atoms with Gasteiger partial charge in [0.15, 0.2) is 0 Å². The molecule has 1 aromatic carbocycles. The molecule has 102 valence electrons. The number of methoxy groups -OCH3 is 1. The molecule has 2 N–H and O–H groups in total. The maximum Gasteiger partial charge on any atom is 0.121 e. The van der Waals surface area contributed by atoms with E-state index in [2.05, 4.69) is 10.4 Å². The van der Waals surface area contributed by atoms with E-state index in [1.807, 2.05) is 30.8 Å². The Morgan fingerprint density at radius 1 is 1.47 bits per heavy atom. The summed E-state index contributed by atoms with van der Waals surface area (Å²) in [5.74, 6) is 0.981. The topological polar surface area (TPSA) is 59.3 Å². The number of aromatic nitrogens is 2. The average Bonchev–Trinajstić information content (AvgIpc) is 2.87. The molecule has 0 bridgehead atoms. The highest BCUT2D eigenvalue weighted by Gasteiger charge is 2.12. The van der Waals surface area contributed by atoms with E-state index in [0.29, 0.717) is 0 Å². The lowest BCUT2D eigenvalue weighted by atomic mass is 10.1. The molecule has 2 rings (SSSR count). The van der Waals surface area contributed by atoms with Crippen molar-refractivity contribution in [2.24, 2.45) is 0 Å².